The summed E-state index contributed by atoms with van der Waals surface area (Å²) in [5.74, 6) is 1.15. The third-order valence-corrected chi connectivity index (χ3v) is 5.26. The van der Waals surface area contributed by atoms with Crippen molar-refractivity contribution in [2.24, 2.45) is 5.92 Å². The van der Waals surface area contributed by atoms with E-state index in [-0.39, 0.29) is 5.91 Å². The second-order valence-corrected chi connectivity index (χ2v) is 7.36. The molecule has 2 N–H and O–H groups in total. The Labute approximate surface area is 156 Å². The molecule has 7 nitrogen and oxygen atoms in total. The molecule has 5 rings (SSSR count). The van der Waals surface area contributed by atoms with Gasteiger partial charge in [-0.25, -0.2) is 4.98 Å². The highest BCUT2D eigenvalue weighted by molar-refractivity contribution is 5.99. The van der Waals surface area contributed by atoms with E-state index in [0.29, 0.717) is 30.5 Å². The summed E-state index contributed by atoms with van der Waals surface area (Å²) >= 11 is 0. The van der Waals surface area contributed by atoms with E-state index in [2.05, 4.69) is 27.2 Å². The van der Waals surface area contributed by atoms with Crippen molar-refractivity contribution in [1.82, 2.24) is 25.2 Å². The Hall–Kier alpha value is -2.93. The molecule has 5 heterocycles. The maximum absolute atomic E-state index is 12.1. The number of rotatable bonds is 4. The summed E-state index contributed by atoms with van der Waals surface area (Å²) in [5, 5.41) is 2.88. The average molecular weight is 363 g/mol. The number of carbonyl (C=O) groups excluding carboxylic acids is 1. The molecule has 0 bridgehead atoms. The first-order valence-electron chi connectivity index (χ1n) is 9.25. The molecule has 3 aromatic heterocycles. The lowest BCUT2D eigenvalue weighted by Gasteiger charge is -2.35. The summed E-state index contributed by atoms with van der Waals surface area (Å²) in [6.07, 6.45) is 2.58. The van der Waals surface area contributed by atoms with E-state index in [4.69, 9.17) is 9.72 Å². The Kier molecular flexibility index (Phi) is 3.82. The van der Waals surface area contributed by atoms with Crippen molar-refractivity contribution in [2.75, 3.05) is 33.3 Å². The Bertz CT molecular complexity index is 1020. The Morgan fingerprint density at radius 3 is 2.96 bits per heavy atom. The number of fused-ring (bicyclic) bond motifs is 2. The first-order chi connectivity index (χ1) is 13.2. The number of nitrogens with one attached hydrogen (secondary N) is 2. The molecule has 7 heteroatoms. The summed E-state index contributed by atoms with van der Waals surface area (Å²) in [7, 11) is 2.11. The number of amides is 1. The normalized spacial score (nSPS) is 17.4. The predicted molar refractivity (Wildman–Crippen MR) is 102 cm³/mol. The quantitative estimate of drug-likeness (QED) is 0.739. The fourth-order valence-corrected chi connectivity index (χ4v) is 3.88. The topological polar surface area (TPSA) is 83.1 Å². The van der Waals surface area contributed by atoms with Crippen LogP contribution in [0.4, 0.5) is 0 Å². The van der Waals surface area contributed by atoms with Crippen molar-refractivity contribution in [3.05, 3.63) is 41.7 Å². The van der Waals surface area contributed by atoms with Crippen LogP contribution in [0.25, 0.3) is 22.3 Å². The summed E-state index contributed by atoms with van der Waals surface area (Å²) in [6.45, 7) is 3.47. The van der Waals surface area contributed by atoms with Gasteiger partial charge in [0.05, 0.1) is 17.7 Å². The third kappa shape index (κ3) is 2.94. The van der Waals surface area contributed by atoms with Crippen LogP contribution in [-0.2, 0) is 6.42 Å². The van der Waals surface area contributed by atoms with E-state index >= 15 is 0 Å². The first-order valence-corrected chi connectivity index (χ1v) is 9.25. The van der Waals surface area contributed by atoms with Gasteiger partial charge in [0.1, 0.15) is 5.52 Å². The SMILES string of the molecule is CN1CC(COc2ccc3nccc(-c4cc5c([nH]4)CCNC5=O)c3n2)C1. The lowest BCUT2D eigenvalue weighted by atomic mass is 10.0. The van der Waals surface area contributed by atoms with Crippen LogP contribution in [0.3, 0.4) is 0 Å². The molecule has 0 radical (unpaired) electrons. The number of H-pyrrole nitrogens is 1. The predicted octanol–water partition coefficient (Wildman–Crippen LogP) is 1.85. The molecule has 27 heavy (non-hydrogen) atoms. The van der Waals surface area contributed by atoms with Crippen LogP contribution in [0.2, 0.25) is 0 Å². The van der Waals surface area contributed by atoms with Crippen molar-refractivity contribution in [1.29, 1.82) is 0 Å². The van der Waals surface area contributed by atoms with Gasteiger partial charge in [0, 0.05) is 61.2 Å². The molecule has 2 aliphatic rings. The molecule has 0 saturated carbocycles. The van der Waals surface area contributed by atoms with Crippen LogP contribution < -0.4 is 10.1 Å². The zero-order valence-corrected chi connectivity index (χ0v) is 15.2. The zero-order valence-electron chi connectivity index (χ0n) is 15.2. The highest BCUT2D eigenvalue weighted by Gasteiger charge is 2.24. The van der Waals surface area contributed by atoms with Gasteiger partial charge >= 0.3 is 0 Å². The molecule has 1 fully saturated rings. The largest absolute Gasteiger partial charge is 0.477 e. The van der Waals surface area contributed by atoms with Crippen LogP contribution >= 0.6 is 0 Å². The van der Waals surface area contributed by atoms with Crippen molar-refractivity contribution in [2.45, 2.75) is 6.42 Å². The highest BCUT2D eigenvalue weighted by atomic mass is 16.5. The van der Waals surface area contributed by atoms with Gasteiger partial charge in [0.2, 0.25) is 5.88 Å². The molecule has 3 aromatic rings. The van der Waals surface area contributed by atoms with Crippen molar-refractivity contribution in [3.63, 3.8) is 0 Å². The number of pyridine rings is 2. The van der Waals surface area contributed by atoms with Gasteiger partial charge in [-0.05, 0) is 25.2 Å². The van der Waals surface area contributed by atoms with E-state index in [1.165, 1.54) is 0 Å². The second kappa shape index (κ2) is 6.35. The number of nitrogens with zero attached hydrogens (tertiary/aromatic N) is 3. The zero-order chi connectivity index (χ0) is 18.4. The molecular weight excluding hydrogens is 342 g/mol. The lowest BCUT2D eigenvalue weighted by molar-refractivity contribution is 0.0840. The number of hydrogen-bond acceptors (Lipinski definition) is 5. The van der Waals surface area contributed by atoms with E-state index in [9.17, 15) is 4.79 Å². The van der Waals surface area contributed by atoms with Gasteiger partial charge in [-0.2, -0.15) is 0 Å². The summed E-state index contributed by atoms with van der Waals surface area (Å²) in [4.78, 5) is 26.9. The molecule has 1 amide bonds. The third-order valence-electron chi connectivity index (χ3n) is 5.26. The summed E-state index contributed by atoms with van der Waals surface area (Å²) < 4.78 is 5.92. The molecule has 0 atom stereocenters. The summed E-state index contributed by atoms with van der Waals surface area (Å²) in [6, 6.07) is 7.63. The number of aromatic nitrogens is 3. The Balaban J connectivity index is 1.48. The Morgan fingerprint density at radius 1 is 1.26 bits per heavy atom. The van der Waals surface area contributed by atoms with Gasteiger partial charge in [-0.1, -0.05) is 0 Å². The van der Waals surface area contributed by atoms with E-state index in [1.54, 1.807) is 6.20 Å². The molecule has 0 aromatic carbocycles. The van der Waals surface area contributed by atoms with Crippen LogP contribution in [0.15, 0.2) is 30.5 Å². The lowest BCUT2D eigenvalue weighted by Crippen LogP contribution is -2.46. The second-order valence-electron chi connectivity index (χ2n) is 7.36. The van der Waals surface area contributed by atoms with Crippen molar-refractivity contribution >= 4 is 16.9 Å². The van der Waals surface area contributed by atoms with Crippen molar-refractivity contribution < 1.29 is 9.53 Å². The molecule has 2 aliphatic heterocycles. The fourth-order valence-electron chi connectivity index (χ4n) is 3.88. The molecular formula is C20H21N5O2. The maximum Gasteiger partial charge on any atom is 0.253 e. The van der Waals surface area contributed by atoms with Gasteiger partial charge in [-0.15, -0.1) is 0 Å². The molecule has 0 aliphatic carbocycles. The van der Waals surface area contributed by atoms with E-state index < -0.39 is 0 Å². The molecule has 0 spiro atoms. The maximum atomic E-state index is 12.1. The molecule has 138 valence electrons. The van der Waals surface area contributed by atoms with Crippen LogP contribution in [0, 0.1) is 5.92 Å². The number of likely N-dealkylation sites (tertiary alicyclic amines) is 1. The highest BCUT2D eigenvalue weighted by Crippen LogP contribution is 2.29. The van der Waals surface area contributed by atoms with Gasteiger partial charge in [0.25, 0.3) is 5.91 Å². The van der Waals surface area contributed by atoms with Crippen LogP contribution in [-0.4, -0.2) is 59.0 Å². The summed E-state index contributed by atoms with van der Waals surface area (Å²) in [5.41, 5.74) is 5.08. The van der Waals surface area contributed by atoms with Crippen LogP contribution in [0.1, 0.15) is 16.1 Å². The van der Waals surface area contributed by atoms with E-state index in [0.717, 1.165) is 47.5 Å². The number of aromatic amines is 1. The smallest absolute Gasteiger partial charge is 0.253 e. The molecule has 1 saturated heterocycles. The number of hydrogen-bond donors (Lipinski definition) is 2. The first kappa shape index (κ1) is 16.3. The minimum absolute atomic E-state index is 0.0282. The minimum atomic E-state index is -0.0282. The monoisotopic (exact) mass is 363 g/mol. The Morgan fingerprint density at radius 2 is 2.15 bits per heavy atom. The molecule has 0 unspecified atom stereocenters. The van der Waals surface area contributed by atoms with Gasteiger partial charge < -0.3 is 19.9 Å². The number of carbonyl (C=O) groups is 1. The standard InChI is InChI=1S/C20H21N5O2/c1-25-9-12(10-25)11-27-18-3-2-16-19(24-18)13(4-6-21-16)17-8-14-15(23-17)5-7-22-20(14)26/h2-4,6,8,12,23H,5,7,9-11H2,1H3,(H,22,26). The average Bonchev–Trinajstić information content (AvgIpc) is 3.09. The fraction of sp³-hybridized carbons (Fsp3) is 0.350. The number of ether oxygens (including phenoxy) is 1. The van der Waals surface area contributed by atoms with Crippen molar-refractivity contribution in [3.8, 4) is 17.1 Å². The van der Waals surface area contributed by atoms with Gasteiger partial charge in [0.15, 0.2) is 0 Å². The van der Waals surface area contributed by atoms with Crippen LogP contribution in [0.5, 0.6) is 5.88 Å². The minimum Gasteiger partial charge on any atom is -0.477 e. The van der Waals surface area contributed by atoms with Gasteiger partial charge in [-0.3, -0.25) is 9.78 Å². The van der Waals surface area contributed by atoms with E-state index in [1.807, 2.05) is 24.3 Å².